The molecule has 1 saturated heterocycles. The Morgan fingerprint density at radius 2 is 1.80 bits per heavy atom. The number of halogens is 2. The summed E-state index contributed by atoms with van der Waals surface area (Å²) in [6.07, 6.45) is 3.32. The number of pyridine rings is 1. The summed E-state index contributed by atoms with van der Waals surface area (Å²) in [4.78, 5) is 62.6. The first-order valence-electron chi connectivity index (χ1n) is 11.9. The van der Waals surface area contributed by atoms with Gasteiger partial charge in [-0.05, 0) is 23.8 Å². The van der Waals surface area contributed by atoms with Gasteiger partial charge >= 0.3 is 11.9 Å². The maximum Gasteiger partial charge on any atom is 0.352 e. The van der Waals surface area contributed by atoms with Crippen LogP contribution < -0.4 is 15.2 Å². The number of rotatable bonds is 12. The standard InChI is InChI=1S/C25H22Cl2N4O7S3/c26-14-1-2-16(27)17(7-14)40-12-19(33)29-21-23(36)31-22(25(37)38)13(11-41-24(21)31)10-39-15-3-5-30(6-4-15)9-18(32)28-8-20(34)35/h1-7,21,24H,8-12H2,(H3-,28,29,32,33,34,35,37,38)/p+1/t21-,24-/m1/s1. The van der Waals surface area contributed by atoms with Crippen LogP contribution in [-0.4, -0.2) is 80.0 Å². The Bertz CT molecular complexity index is 1420. The summed E-state index contributed by atoms with van der Waals surface area (Å²) in [5.41, 5.74) is 0.510. The monoisotopic (exact) mass is 657 g/mol. The van der Waals surface area contributed by atoms with E-state index in [9.17, 15) is 29.1 Å². The molecular formula is C25H23Cl2N4O7S3+. The molecule has 0 unspecified atom stereocenters. The highest BCUT2D eigenvalue weighted by molar-refractivity contribution is 8.01. The molecule has 0 radical (unpaired) electrons. The van der Waals surface area contributed by atoms with Crippen molar-refractivity contribution in [3.63, 3.8) is 0 Å². The number of aliphatic carboxylic acids is 2. The zero-order valence-electron chi connectivity index (χ0n) is 21.0. The van der Waals surface area contributed by atoms with Crippen molar-refractivity contribution in [3.8, 4) is 0 Å². The highest BCUT2D eigenvalue weighted by Crippen LogP contribution is 2.41. The molecule has 11 nitrogen and oxygen atoms in total. The Morgan fingerprint density at radius 1 is 1.07 bits per heavy atom. The molecule has 1 aromatic carbocycles. The van der Waals surface area contributed by atoms with Crippen molar-refractivity contribution < 1.29 is 38.8 Å². The minimum atomic E-state index is -1.21. The first-order chi connectivity index (χ1) is 19.5. The number of carbonyl (C=O) groups is 5. The SMILES string of the molecule is O=C(O)CNC(=O)C[n+]1ccc(SCC2=C(C(=O)O)N3C(=O)[C@@H](NC(=O)CSc4cc(Cl)ccc4Cl)[C@H]3SC2)cc1. The molecule has 0 bridgehead atoms. The first-order valence-corrected chi connectivity index (χ1v) is 15.7. The number of nitrogens with zero attached hydrogens (tertiary/aromatic N) is 2. The quantitative estimate of drug-likeness (QED) is 0.151. The number of carboxylic acid groups (broad SMARTS) is 2. The van der Waals surface area contributed by atoms with Crippen LogP contribution in [0.25, 0.3) is 0 Å². The zero-order chi connectivity index (χ0) is 29.7. The average Bonchev–Trinajstić information content (AvgIpc) is 2.94. The number of fused-ring (bicyclic) bond motifs is 1. The normalized spacial score (nSPS) is 17.9. The van der Waals surface area contributed by atoms with Crippen molar-refractivity contribution in [2.75, 3.05) is 23.8 Å². The Kier molecular flexibility index (Phi) is 10.5. The molecule has 2 aliphatic heterocycles. The van der Waals surface area contributed by atoms with Gasteiger partial charge in [0.05, 0.1) is 10.8 Å². The molecule has 0 aliphatic carbocycles. The van der Waals surface area contributed by atoms with Crippen molar-refractivity contribution in [3.05, 3.63) is 64.0 Å². The number of aromatic nitrogens is 1. The van der Waals surface area contributed by atoms with Crippen molar-refractivity contribution in [2.45, 2.75) is 27.8 Å². The highest BCUT2D eigenvalue weighted by Gasteiger charge is 2.54. The van der Waals surface area contributed by atoms with E-state index in [0.717, 1.165) is 4.90 Å². The minimum Gasteiger partial charge on any atom is -0.480 e. The van der Waals surface area contributed by atoms with Crippen LogP contribution in [0.4, 0.5) is 0 Å². The maximum absolute atomic E-state index is 12.9. The molecule has 3 amide bonds. The summed E-state index contributed by atoms with van der Waals surface area (Å²) in [6.45, 7) is -0.509. The third-order valence-electron chi connectivity index (χ3n) is 5.85. The van der Waals surface area contributed by atoms with Gasteiger partial charge in [0.15, 0.2) is 12.4 Å². The molecule has 0 spiro atoms. The Morgan fingerprint density at radius 3 is 2.49 bits per heavy atom. The van der Waals surface area contributed by atoms with E-state index in [0.29, 0.717) is 32.0 Å². The van der Waals surface area contributed by atoms with Crippen LogP contribution in [0.1, 0.15) is 0 Å². The molecule has 4 N–H and O–H groups in total. The van der Waals surface area contributed by atoms with Crippen LogP contribution in [-0.2, 0) is 30.5 Å². The van der Waals surface area contributed by atoms with Gasteiger partial charge in [0.2, 0.25) is 12.5 Å². The number of amides is 3. The van der Waals surface area contributed by atoms with Crippen LogP contribution >= 0.6 is 58.5 Å². The molecule has 3 heterocycles. The van der Waals surface area contributed by atoms with Crippen LogP contribution in [0.3, 0.4) is 0 Å². The van der Waals surface area contributed by atoms with Crippen molar-refractivity contribution >= 4 is 88.1 Å². The predicted molar refractivity (Wildman–Crippen MR) is 155 cm³/mol. The van der Waals surface area contributed by atoms with E-state index >= 15 is 0 Å². The van der Waals surface area contributed by atoms with Gasteiger partial charge in [-0.15, -0.1) is 35.3 Å². The number of β-lactam (4-membered cyclic amide) rings is 1. The fourth-order valence-electron chi connectivity index (χ4n) is 3.95. The number of hydrogen-bond donors (Lipinski definition) is 4. The smallest absolute Gasteiger partial charge is 0.352 e. The van der Waals surface area contributed by atoms with Gasteiger partial charge in [-0.2, -0.15) is 4.57 Å². The van der Waals surface area contributed by atoms with Gasteiger partial charge in [-0.3, -0.25) is 24.1 Å². The Balaban J connectivity index is 1.32. The van der Waals surface area contributed by atoms with Gasteiger partial charge in [-0.25, -0.2) is 4.79 Å². The van der Waals surface area contributed by atoms with Gasteiger partial charge < -0.3 is 20.8 Å². The summed E-state index contributed by atoms with van der Waals surface area (Å²) in [7, 11) is 0. The van der Waals surface area contributed by atoms with E-state index in [1.165, 1.54) is 40.2 Å². The topological polar surface area (TPSA) is 157 Å². The summed E-state index contributed by atoms with van der Waals surface area (Å²) < 4.78 is 1.58. The van der Waals surface area contributed by atoms with E-state index < -0.39 is 41.7 Å². The second-order valence-corrected chi connectivity index (χ2v) is 12.8. The van der Waals surface area contributed by atoms with Gasteiger partial charge in [-0.1, -0.05) is 23.2 Å². The predicted octanol–water partition coefficient (Wildman–Crippen LogP) is 2.10. The molecule has 41 heavy (non-hydrogen) atoms. The van der Waals surface area contributed by atoms with E-state index in [1.807, 2.05) is 0 Å². The van der Waals surface area contributed by atoms with Crippen LogP contribution in [0.2, 0.25) is 10.0 Å². The fourth-order valence-corrected chi connectivity index (χ4v) is 7.63. The summed E-state index contributed by atoms with van der Waals surface area (Å²) in [5, 5.41) is 24.0. The Labute approximate surface area is 257 Å². The second-order valence-electron chi connectivity index (χ2n) is 8.74. The van der Waals surface area contributed by atoms with Crippen molar-refractivity contribution in [1.29, 1.82) is 0 Å². The lowest BCUT2D eigenvalue weighted by Gasteiger charge is -2.49. The summed E-state index contributed by atoms with van der Waals surface area (Å²) >= 11 is 16.1. The number of nitrogens with one attached hydrogen (secondary N) is 2. The summed E-state index contributed by atoms with van der Waals surface area (Å²) in [5.74, 6) is -2.95. The van der Waals surface area contributed by atoms with Crippen LogP contribution in [0, 0.1) is 0 Å². The molecule has 4 rings (SSSR count). The molecule has 16 heteroatoms. The van der Waals surface area contributed by atoms with Crippen LogP contribution in [0.15, 0.2) is 63.8 Å². The molecule has 1 aromatic heterocycles. The number of carboxylic acids is 2. The van der Waals surface area contributed by atoms with Gasteiger partial charge in [0.1, 0.15) is 23.7 Å². The van der Waals surface area contributed by atoms with Gasteiger partial charge in [0.25, 0.3) is 11.8 Å². The fraction of sp³-hybridized carbons (Fsp3) is 0.280. The molecule has 2 aliphatic rings. The molecule has 2 aromatic rings. The first kappa shape index (κ1) is 31.0. The Hall–Kier alpha value is -2.91. The third-order valence-corrected chi connectivity index (χ3v) is 10.0. The van der Waals surface area contributed by atoms with E-state index in [-0.39, 0.29) is 23.9 Å². The minimum absolute atomic E-state index is 0.00876. The van der Waals surface area contributed by atoms with Gasteiger partial charge in [0, 0.05) is 38.5 Å². The van der Waals surface area contributed by atoms with Crippen molar-refractivity contribution in [2.24, 2.45) is 0 Å². The zero-order valence-corrected chi connectivity index (χ0v) is 25.0. The van der Waals surface area contributed by atoms with Crippen molar-refractivity contribution in [1.82, 2.24) is 15.5 Å². The number of benzene rings is 1. The summed E-state index contributed by atoms with van der Waals surface area (Å²) in [6, 6.07) is 7.60. The van der Waals surface area contributed by atoms with Crippen LogP contribution in [0.5, 0.6) is 0 Å². The largest absolute Gasteiger partial charge is 0.480 e. The maximum atomic E-state index is 12.9. The lowest BCUT2D eigenvalue weighted by molar-refractivity contribution is -0.684. The number of hydrogen-bond acceptors (Lipinski definition) is 8. The second kappa shape index (κ2) is 13.8. The molecule has 0 saturated carbocycles. The molecule has 2 atom stereocenters. The average molecular weight is 659 g/mol. The lowest BCUT2D eigenvalue weighted by atomic mass is 10.0. The number of carbonyl (C=O) groups excluding carboxylic acids is 3. The highest BCUT2D eigenvalue weighted by atomic mass is 35.5. The van der Waals surface area contributed by atoms with E-state index in [2.05, 4.69) is 10.6 Å². The molecule has 216 valence electrons. The van der Waals surface area contributed by atoms with E-state index in [4.69, 9.17) is 28.3 Å². The number of thioether (sulfide) groups is 3. The third kappa shape index (κ3) is 7.89. The van der Waals surface area contributed by atoms with E-state index in [1.54, 1.807) is 47.3 Å². The lowest BCUT2D eigenvalue weighted by Crippen LogP contribution is -2.70. The molecular weight excluding hydrogens is 635 g/mol. The molecule has 1 fully saturated rings.